The molecule has 14 heavy (non-hydrogen) atoms. The second-order valence-electron chi connectivity index (χ2n) is 3.81. The van der Waals surface area contributed by atoms with Crippen LogP contribution in [0.3, 0.4) is 0 Å². The van der Waals surface area contributed by atoms with Crippen LogP contribution in [0.2, 0.25) is 0 Å². The molecule has 0 aromatic rings. The summed E-state index contributed by atoms with van der Waals surface area (Å²) >= 11 is 0. The molecule has 0 spiro atoms. The van der Waals surface area contributed by atoms with Gasteiger partial charge in [-0.3, -0.25) is 4.79 Å². The Hall–Kier alpha value is -0.920. The number of nitriles is 1. The summed E-state index contributed by atoms with van der Waals surface area (Å²) < 4.78 is 10.2. The van der Waals surface area contributed by atoms with Gasteiger partial charge in [-0.1, -0.05) is 0 Å². The maximum Gasteiger partial charge on any atom is 0.155 e. The third-order valence-corrected chi connectivity index (χ3v) is 2.89. The number of Topliss-reactive ketones (excluding diaryl/α,β-unsaturated/α-hetero) is 1. The van der Waals surface area contributed by atoms with Crippen LogP contribution < -0.4 is 0 Å². The number of ether oxygens (including phenoxy) is 2. The van der Waals surface area contributed by atoms with E-state index >= 15 is 0 Å². The van der Waals surface area contributed by atoms with E-state index in [9.17, 15) is 4.79 Å². The maximum absolute atomic E-state index is 11.6. The van der Waals surface area contributed by atoms with Crippen LogP contribution in [0.15, 0.2) is 0 Å². The second kappa shape index (κ2) is 4.07. The van der Waals surface area contributed by atoms with Crippen LogP contribution in [-0.2, 0) is 14.3 Å². The molecule has 78 valence electrons. The monoisotopic (exact) mass is 197 g/mol. The van der Waals surface area contributed by atoms with Crippen molar-refractivity contribution >= 4 is 5.78 Å². The standard InChI is InChI=1S/C10H15NO3/c1-10(6-11)8(12)4-7(5-13-2)9(10)14-3/h7,9H,4-5H2,1-3H3/t7-,9-,10+/m1/s1. The first-order valence-electron chi connectivity index (χ1n) is 4.56. The molecule has 4 nitrogen and oxygen atoms in total. The summed E-state index contributed by atoms with van der Waals surface area (Å²) in [4.78, 5) is 11.6. The van der Waals surface area contributed by atoms with Gasteiger partial charge in [-0.25, -0.2) is 0 Å². The Morgan fingerprint density at radius 2 is 2.29 bits per heavy atom. The molecule has 1 aliphatic carbocycles. The van der Waals surface area contributed by atoms with Crippen LogP contribution in [-0.4, -0.2) is 32.7 Å². The molecule has 4 heteroatoms. The number of hydrogen-bond acceptors (Lipinski definition) is 4. The van der Waals surface area contributed by atoms with Gasteiger partial charge in [0.15, 0.2) is 5.78 Å². The van der Waals surface area contributed by atoms with Crippen molar-refractivity contribution in [2.75, 3.05) is 20.8 Å². The SMILES string of the molecule is COC[C@H]1CC(=O)[C@](C)(C#N)[C@@H]1OC. The maximum atomic E-state index is 11.6. The van der Waals surface area contributed by atoms with E-state index in [0.717, 1.165) is 0 Å². The molecule has 1 fully saturated rings. The first-order valence-corrected chi connectivity index (χ1v) is 4.56. The van der Waals surface area contributed by atoms with Crippen LogP contribution in [0.5, 0.6) is 0 Å². The minimum absolute atomic E-state index is 0.00199. The van der Waals surface area contributed by atoms with Gasteiger partial charge in [0, 0.05) is 26.6 Å². The van der Waals surface area contributed by atoms with Gasteiger partial charge in [-0.2, -0.15) is 5.26 Å². The average Bonchev–Trinajstić information content (AvgIpc) is 2.40. The fourth-order valence-electron chi connectivity index (χ4n) is 2.10. The van der Waals surface area contributed by atoms with Crippen molar-refractivity contribution in [3.05, 3.63) is 0 Å². The lowest BCUT2D eigenvalue weighted by atomic mass is 9.86. The molecule has 1 rings (SSSR count). The van der Waals surface area contributed by atoms with Gasteiger partial charge in [0.2, 0.25) is 0 Å². The summed E-state index contributed by atoms with van der Waals surface area (Å²) in [6.07, 6.45) is 0.0242. The lowest BCUT2D eigenvalue weighted by molar-refractivity contribution is -0.125. The Morgan fingerprint density at radius 3 is 2.71 bits per heavy atom. The highest BCUT2D eigenvalue weighted by atomic mass is 16.5. The number of nitrogens with zero attached hydrogens (tertiary/aromatic N) is 1. The minimum atomic E-state index is -1.00. The molecule has 0 aromatic heterocycles. The lowest BCUT2D eigenvalue weighted by Crippen LogP contribution is -2.36. The molecule has 0 heterocycles. The molecular formula is C10H15NO3. The zero-order valence-electron chi connectivity index (χ0n) is 8.74. The van der Waals surface area contributed by atoms with E-state index in [4.69, 9.17) is 14.7 Å². The summed E-state index contributed by atoms with van der Waals surface area (Å²) in [5, 5.41) is 8.99. The fourth-order valence-corrected chi connectivity index (χ4v) is 2.10. The van der Waals surface area contributed by atoms with Crippen molar-refractivity contribution < 1.29 is 14.3 Å². The third kappa shape index (κ3) is 1.54. The summed E-state index contributed by atoms with van der Waals surface area (Å²) in [6.45, 7) is 2.10. The zero-order chi connectivity index (χ0) is 10.8. The number of methoxy groups -OCH3 is 2. The molecule has 0 unspecified atom stereocenters. The largest absolute Gasteiger partial charge is 0.384 e. The number of rotatable bonds is 3. The molecule has 1 aliphatic rings. The molecule has 0 N–H and O–H groups in total. The molecule has 0 aliphatic heterocycles. The van der Waals surface area contributed by atoms with Crippen LogP contribution in [0.25, 0.3) is 0 Å². The van der Waals surface area contributed by atoms with Crippen LogP contribution in [0.1, 0.15) is 13.3 Å². The highest BCUT2D eigenvalue weighted by molar-refractivity contribution is 5.90. The molecule has 3 atom stereocenters. The van der Waals surface area contributed by atoms with E-state index in [0.29, 0.717) is 13.0 Å². The Labute approximate surface area is 83.8 Å². The van der Waals surface area contributed by atoms with Crippen molar-refractivity contribution in [3.8, 4) is 6.07 Å². The Balaban J connectivity index is 2.89. The quantitative estimate of drug-likeness (QED) is 0.670. The third-order valence-electron chi connectivity index (χ3n) is 2.89. The van der Waals surface area contributed by atoms with Crippen molar-refractivity contribution in [1.82, 2.24) is 0 Å². The van der Waals surface area contributed by atoms with Gasteiger partial charge < -0.3 is 9.47 Å². The van der Waals surface area contributed by atoms with Crippen LogP contribution in [0.4, 0.5) is 0 Å². The van der Waals surface area contributed by atoms with E-state index in [1.165, 1.54) is 7.11 Å². The molecule has 0 amide bonds. The molecule has 0 radical (unpaired) electrons. The molecule has 0 aromatic carbocycles. The van der Waals surface area contributed by atoms with E-state index in [-0.39, 0.29) is 17.8 Å². The summed E-state index contributed by atoms with van der Waals surface area (Å²) in [7, 11) is 3.11. The van der Waals surface area contributed by atoms with Gasteiger partial charge in [0.25, 0.3) is 0 Å². The topological polar surface area (TPSA) is 59.3 Å². The predicted molar refractivity (Wildman–Crippen MR) is 49.5 cm³/mol. The summed E-state index contributed by atoms with van der Waals surface area (Å²) in [5.74, 6) is -0.0453. The first kappa shape index (κ1) is 11.2. The van der Waals surface area contributed by atoms with Crippen LogP contribution in [0, 0.1) is 22.7 Å². The van der Waals surface area contributed by atoms with E-state index < -0.39 is 5.41 Å². The normalized spacial score (nSPS) is 37.1. The van der Waals surface area contributed by atoms with Crippen LogP contribution >= 0.6 is 0 Å². The van der Waals surface area contributed by atoms with E-state index in [1.54, 1.807) is 14.0 Å². The van der Waals surface area contributed by atoms with Gasteiger partial charge in [0.05, 0.1) is 18.8 Å². The van der Waals surface area contributed by atoms with E-state index in [1.807, 2.05) is 6.07 Å². The number of carbonyl (C=O) groups excluding carboxylic acids is 1. The molecule has 0 saturated heterocycles. The van der Waals surface area contributed by atoms with Gasteiger partial charge in [-0.15, -0.1) is 0 Å². The van der Waals surface area contributed by atoms with Crippen molar-refractivity contribution in [1.29, 1.82) is 5.26 Å². The number of hydrogen-bond donors (Lipinski definition) is 0. The first-order chi connectivity index (χ1) is 6.60. The molecule has 1 saturated carbocycles. The van der Waals surface area contributed by atoms with Gasteiger partial charge in [0.1, 0.15) is 5.41 Å². The van der Waals surface area contributed by atoms with Crippen molar-refractivity contribution in [3.63, 3.8) is 0 Å². The zero-order valence-corrected chi connectivity index (χ0v) is 8.74. The molecule has 0 bridgehead atoms. The summed E-state index contributed by atoms with van der Waals surface area (Å²) in [6, 6.07) is 2.05. The highest BCUT2D eigenvalue weighted by Crippen LogP contribution is 2.40. The van der Waals surface area contributed by atoms with Gasteiger partial charge >= 0.3 is 0 Å². The Bertz CT molecular complexity index is 271. The number of carbonyl (C=O) groups is 1. The smallest absolute Gasteiger partial charge is 0.155 e. The predicted octanol–water partition coefficient (Wildman–Crippen LogP) is 0.767. The highest BCUT2D eigenvalue weighted by Gasteiger charge is 2.52. The molecular weight excluding hydrogens is 182 g/mol. The van der Waals surface area contributed by atoms with Crippen molar-refractivity contribution in [2.24, 2.45) is 11.3 Å². The fraction of sp³-hybridized carbons (Fsp3) is 0.800. The summed E-state index contributed by atoms with van der Waals surface area (Å²) in [5.41, 5.74) is -1.00. The Kier molecular flexibility index (Phi) is 3.25. The second-order valence-corrected chi connectivity index (χ2v) is 3.81. The van der Waals surface area contributed by atoms with Gasteiger partial charge in [-0.05, 0) is 6.92 Å². The van der Waals surface area contributed by atoms with Crippen molar-refractivity contribution in [2.45, 2.75) is 19.4 Å². The minimum Gasteiger partial charge on any atom is -0.384 e. The Morgan fingerprint density at radius 1 is 1.64 bits per heavy atom. The average molecular weight is 197 g/mol. The lowest BCUT2D eigenvalue weighted by Gasteiger charge is -2.24. The number of ketones is 1. The van der Waals surface area contributed by atoms with E-state index in [2.05, 4.69) is 0 Å².